The smallest absolute Gasteiger partial charge is 0.297 e. The summed E-state index contributed by atoms with van der Waals surface area (Å²) in [6.45, 7) is 0.568. The van der Waals surface area contributed by atoms with Gasteiger partial charge in [-0.25, -0.2) is 0 Å². The maximum atomic E-state index is 9.51. The standard InChI is InChI=1S/C3H5NO4/c5-4(6)8-3-1-2-7-3/h3H,1-2H2. The van der Waals surface area contributed by atoms with E-state index >= 15 is 0 Å². The van der Waals surface area contributed by atoms with E-state index in [1.807, 2.05) is 0 Å². The highest BCUT2D eigenvalue weighted by atomic mass is 17.0. The highest BCUT2D eigenvalue weighted by Crippen LogP contribution is 2.11. The molecule has 1 unspecified atom stereocenters. The van der Waals surface area contributed by atoms with Gasteiger partial charge in [0.2, 0.25) is 6.29 Å². The van der Waals surface area contributed by atoms with Gasteiger partial charge in [-0.05, 0) is 0 Å². The molecule has 1 fully saturated rings. The number of hydrogen-bond donors (Lipinski definition) is 0. The number of hydrogen-bond acceptors (Lipinski definition) is 4. The summed E-state index contributed by atoms with van der Waals surface area (Å²) in [6.07, 6.45) is 0.0334. The Morgan fingerprint density at radius 2 is 2.50 bits per heavy atom. The Hall–Kier alpha value is -0.840. The first kappa shape index (κ1) is 5.30. The molecule has 0 aromatic carbocycles. The van der Waals surface area contributed by atoms with E-state index in [2.05, 4.69) is 9.57 Å². The van der Waals surface area contributed by atoms with Gasteiger partial charge in [0.25, 0.3) is 5.09 Å². The molecule has 0 aliphatic carbocycles. The lowest BCUT2D eigenvalue weighted by Gasteiger charge is -2.22. The molecule has 0 radical (unpaired) electrons. The lowest BCUT2D eigenvalue weighted by molar-refractivity contribution is -0.786. The molecular weight excluding hydrogens is 114 g/mol. The summed E-state index contributed by atoms with van der Waals surface area (Å²) in [5.41, 5.74) is 0. The van der Waals surface area contributed by atoms with E-state index in [1.54, 1.807) is 0 Å². The summed E-state index contributed by atoms with van der Waals surface area (Å²) >= 11 is 0. The van der Waals surface area contributed by atoms with Crippen molar-refractivity contribution in [3.63, 3.8) is 0 Å². The van der Waals surface area contributed by atoms with E-state index in [1.165, 1.54) is 0 Å². The Labute approximate surface area is 45.3 Å². The van der Waals surface area contributed by atoms with Crippen molar-refractivity contribution < 1.29 is 14.7 Å². The first-order valence-electron chi connectivity index (χ1n) is 2.22. The first-order chi connectivity index (χ1) is 3.79. The molecule has 8 heavy (non-hydrogen) atoms. The second-order valence-electron chi connectivity index (χ2n) is 1.42. The highest BCUT2D eigenvalue weighted by Gasteiger charge is 2.21. The van der Waals surface area contributed by atoms with Crippen molar-refractivity contribution in [2.24, 2.45) is 0 Å². The van der Waals surface area contributed by atoms with Crippen molar-refractivity contribution in [1.29, 1.82) is 0 Å². The molecule has 1 heterocycles. The molecule has 0 aromatic heterocycles. The summed E-state index contributed by atoms with van der Waals surface area (Å²) in [5, 5.41) is 8.66. The predicted molar refractivity (Wildman–Crippen MR) is 22.4 cm³/mol. The van der Waals surface area contributed by atoms with Crippen LogP contribution in [0.3, 0.4) is 0 Å². The Kier molecular flexibility index (Phi) is 1.29. The predicted octanol–water partition coefficient (Wildman–Crippen LogP) is -0.0589. The van der Waals surface area contributed by atoms with Crippen LogP contribution in [0, 0.1) is 10.1 Å². The maximum Gasteiger partial charge on any atom is 0.297 e. The van der Waals surface area contributed by atoms with Crippen LogP contribution in [-0.2, 0) is 9.57 Å². The molecule has 5 nitrogen and oxygen atoms in total. The van der Waals surface area contributed by atoms with Gasteiger partial charge >= 0.3 is 0 Å². The van der Waals surface area contributed by atoms with E-state index < -0.39 is 11.4 Å². The van der Waals surface area contributed by atoms with Crippen LogP contribution in [0.1, 0.15) is 6.42 Å². The van der Waals surface area contributed by atoms with Gasteiger partial charge in [0.05, 0.1) is 6.61 Å². The van der Waals surface area contributed by atoms with Crippen LogP contribution in [0.2, 0.25) is 0 Å². The zero-order valence-electron chi connectivity index (χ0n) is 4.07. The molecule has 1 atom stereocenters. The van der Waals surface area contributed by atoms with Crippen molar-refractivity contribution in [3.8, 4) is 0 Å². The quantitative estimate of drug-likeness (QED) is 0.377. The summed E-state index contributed by atoms with van der Waals surface area (Å²) in [7, 11) is 0. The largest absolute Gasteiger partial charge is 0.352 e. The fourth-order valence-electron chi connectivity index (χ4n) is 0.393. The minimum atomic E-state index is -0.843. The van der Waals surface area contributed by atoms with Gasteiger partial charge in [-0.1, -0.05) is 0 Å². The average molecular weight is 119 g/mol. The van der Waals surface area contributed by atoms with Crippen LogP contribution in [0.5, 0.6) is 0 Å². The second-order valence-corrected chi connectivity index (χ2v) is 1.42. The second kappa shape index (κ2) is 1.95. The van der Waals surface area contributed by atoms with Gasteiger partial charge in [0, 0.05) is 6.42 Å². The zero-order chi connectivity index (χ0) is 5.98. The van der Waals surface area contributed by atoms with E-state index in [0.717, 1.165) is 0 Å². The topological polar surface area (TPSA) is 61.6 Å². The first-order valence-corrected chi connectivity index (χ1v) is 2.22. The number of rotatable bonds is 2. The average Bonchev–Trinajstić information content (AvgIpc) is 1.55. The fraction of sp³-hybridized carbons (Fsp3) is 1.00. The molecule has 0 amide bonds. The Morgan fingerprint density at radius 3 is 2.62 bits per heavy atom. The Bertz CT molecular complexity index is 99.5. The fourth-order valence-corrected chi connectivity index (χ4v) is 0.393. The van der Waals surface area contributed by atoms with Gasteiger partial charge in [-0.3, -0.25) is 4.84 Å². The maximum absolute atomic E-state index is 9.51. The molecule has 0 bridgehead atoms. The molecule has 1 aliphatic rings. The molecule has 5 heteroatoms. The molecule has 0 saturated carbocycles. The van der Waals surface area contributed by atoms with Crippen LogP contribution in [0.15, 0.2) is 0 Å². The normalized spacial score (nSPS) is 26.2. The monoisotopic (exact) mass is 119 g/mol. The van der Waals surface area contributed by atoms with Gasteiger partial charge in [-0.2, -0.15) is 0 Å². The molecular formula is C3H5NO4. The van der Waals surface area contributed by atoms with Gasteiger partial charge < -0.3 is 4.74 Å². The molecule has 1 rings (SSSR count). The van der Waals surface area contributed by atoms with Crippen molar-refractivity contribution in [1.82, 2.24) is 0 Å². The van der Waals surface area contributed by atoms with Gasteiger partial charge in [0.15, 0.2) is 0 Å². The SMILES string of the molecule is O=[N+]([O-])OC1CCO1. The molecule has 1 saturated heterocycles. The van der Waals surface area contributed by atoms with Crippen LogP contribution < -0.4 is 0 Å². The van der Waals surface area contributed by atoms with Crippen LogP contribution >= 0.6 is 0 Å². The van der Waals surface area contributed by atoms with Crippen molar-refractivity contribution in [2.75, 3.05) is 6.61 Å². The van der Waals surface area contributed by atoms with Crippen LogP contribution in [-0.4, -0.2) is 18.0 Å². The Balaban J connectivity index is 2.09. The lowest BCUT2D eigenvalue weighted by atomic mass is 10.4. The lowest BCUT2D eigenvalue weighted by Crippen LogP contribution is -2.31. The molecule has 0 N–H and O–H groups in total. The third-order valence-corrected chi connectivity index (χ3v) is 0.861. The molecule has 0 spiro atoms. The number of nitrogens with zero attached hydrogens (tertiary/aromatic N) is 1. The minimum Gasteiger partial charge on any atom is -0.352 e. The van der Waals surface area contributed by atoms with E-state index in [-0.39, 0.29) is 0 Å². The van der Waals surface area contributed by atoms with Crippen molar-refractivity contribution >= 4 is 0 Å². The summed E-state index contributed by atoms with van der Waals surface area (Å²) in [5.74, 6) is 0. The highest BCUT2D eigenvalue weighted by molar-refractivity contribution is 4.51. The van der Waals surface area contributed by atoms with Crippen LogP contribution in [0.4, 0.5) is 0 Å². The third-order valence-electron chi connectivity index (χ3n) is 0.861. The van der Waals surface area contributed by atoms with E-state index in [9.17, 15) is 10.1 Å². The van der Waals surface area contributed by atoms with Crippen molar-refractivity contribution in [3.05, 3.63) is 10.1 Å². The third kappa shape index (κ3) is 1.06. The van der Waals surface area contributed by atoms with E-state index in [4.69, 9.17) is 0 Å². The molecule has 46 valence electrons. The van der Waals surface area contributed by atoms with E-state index in [0.29, 0.717) is 13.0 Å². The van der Waals surface area contributed by atoms with Gasteiger partial charge in [-0.15, -0.1) is 10.1 Å². The van der Waals surface area contributed by atoms with Gasteiger partial charge in [0.1, 0.15) is 0 Å². The zero-order valence-corrected chi connectivity index (χ0v) is 4.07. The van der Waals surface area contributed by atoms with Crippen molar-refractivity contribution in [2.45, 2.75) is 12.7 Å². The van der Waals surface area contributed by atoms with Crippen LogP contribution in [0.25, 0.3) is 0 Å². The summed E-state index contributed by atoms with van der Waals surface area (Å²) in [6, 6.07) is 0. The Morgan fingerprint density at radius 1 is 1.88 bits per heavy atom. The summed E-state index contributed by atoms with van der Waals surface area (Å²) < 4.78 is 4.58. The molecule has 0 aromatic rings. The summed E-state index contributed by atoms with van der Waals surface area (Å²) in [4.78, 5) is 13.5. The molecule has 1 aliphatic heterocycles. The number of ether oxygens (including phenoxy) is 1. The minimum absolute atomic E-state index is 0.568.